The van der Waals surface area contributed by atoms with E-state index in [-0.39, 0.29) is 43.3 Å². The van der Waals surface area contributed by atoms with Crippen LogP contribution >= 0.6 is 0 Å². The van der Waals surface area contributed by atoms with E-state index in [1.165, 1.54) is 11.1 Å². The number of phenols is 2. The molecule has 0 amide bonds. The number of hydrogen-bond donors (Lipinski definition) is 2. The summed E-state index contributed by atoms with van der Waals surface area (Å²) in [4.78, 5) is 5.22. The second kappa shape index (κ2) is 15.7. The molecule has 2 aromatic rings. The van der Waals surface area contributed by atoms with Crippen molar-refractivity contribution in [1.82, 2.24) is 9.80 Å². The van der Waals surface area contributed by atoms with Gasteiger partial charge in [0.25, 0.3) is 0 Å². The first kappa shape index (κ1) is 46.3. The van der Waals surface area contributed by atoms with Crippen molar-refractivity contribution in [3.05, 3.63) is 57.6 Å². The maximum Gasteiger partial charge on any atom is 0.123 e. The highest BCUT2D eigenvalue weighted by molar-refractivity contribution is 5.52. The minimum absolute atomic E-state index is 0.146. The van der Waals surface area contributed by atoms with Gasteiger partial charge in [0, 0.05) is 61.5 Å². The van der Waals surface area contributed by atoms with Crippen LogP contribution in [0.1, 0.15) is 198 Å². The van der Waals surface area contributed by atoms with Crippen molar-refractivity contribution in [3.8, 4) is 11.5 Å². The summed E-state index contributed by atoms with van der Waals surface area (Å²) in [6.07, 6.45) is 3.99. The van der Waals surface area contributed by atoms with Crippen LogP contribution in [0.2, 0.25) is 0 Å². The topological polar surface area (TPSA) is 46.9 Å². The SMILES string of the molecule is CC(C)(C)CC(C)(C)c1cc(CN2CCN(Cc3cc(C(C)(C)CC(C)(C)C)c(O)c(C(C)(C)CC(C)(C)C)c3)CC2)cc(C(C)(C)CC(C)(C)C)c1O. The summed E-state index contributed by atoms with van der Waals surface area (Å²) >= 11 is 0. The summed E-state index contributed by atoms with van der Waals surface area (Å²) in [6, 6.07) is 9.29. The van der Waals surface area contributed by atoms with E-state index < -0.39 is 0 Å². The molecule has 1 aliphatic rings. The highest BCUT2D eigenvalue weighted by atomic mass is 16.3. The van der Waals surface area contributed by atoms with E-state index in [4.69, 9.17) is 0 Å². The number of piperazine rings is 1. The molecule has 0 aromatic heterocycles. The average Bonchev–Trinajstić information content (AvgIpc) is 2.90. The van der Waals surface area contributed by atoms with Crippen molar-refractivity contribution < 1.29 is 10.2 Å². The van der Waals surface area contributed by atoms with E-state index in [9.17, 15) is 10.2 Å². The molecule has 4 heteroatoms. The number of benzene rings is 2. The smallest absolute Gasteiger partial charge is 0.123 e. The molecule has 0 aliphatic carbocycles. The number of hydrogen-bond acceptors (Lipinski definition) is 4. The van der Waals surface area contributed by atoms with Crippen LogP contribution in [0.3, 0.4) is 0 Å². The minimum atomic E-state index is -0.158. The van der Waals surface area contributed by atoms with Crippen molar-refractivity contribution in [1.29, 1.82) is 0 Å². The fourth-order valence-corrected chi connectivity index (χ4v) is 10.9. The summed E-state index contributed by atoms with van der Waals surface area (Å²) in [7, 11) is 0. The Labute approximate surface area is 334 Å². The number of aromatic hydroxyl groups is 2. The Bertz CT molecular complexity index is 1350. The van der Waals surface area contributed by atoms with Gasteiger partial charge in [-0.05, 0) is 80.1 Å². The largest absolute Gasteiger partial charge is 0.507 e. The molecular formula is C50H86N2O2. The van der Waals surface area contributed by atoms with Crippen molar-refractivity contribution in [2.75, 3.05) is 26.2 Å². The van der Waals surface area contributed by atoms with E-state index in [1.807, 2.05) is 0 Å². The van der Waals surface area contributed by atoms with E-state index in [0.717, 1.165) is 87.2 Å². The van der Waals surface area contributed by atoms with E-state index in [1.54, 1.807) is 0 Å². The van der Waals surface area contributed by atoms with Gasteiger partial charge in [-0.1, -0.05) is 163 Å². The molecule has 308 valence electrons. The number of nitrogens with zero attached hydrogens (tertiary/aromatic N) is 2. The maximum atomic E-state index is 12.0. The van der Waals surface area contributed by atoms with Crippen molar-refractivity contribution in [2.24, 2.45) is 21.7 Å². The summed E-state index contributed by atoms with van der Waals surface area (Å²) in [5, 5.41) is 24.0. The van der Waals surface area contributed by atoms with Crippen LogP contribution in [0.15, 0.2) is 24.3 Å². The molecular weight excluding hydrogens is 661 g/mol. The quantitative estimate of drug-likeness (QED) is 0.227. The first-order chi connectivity index (χ1) is 24.0. The van der Waals surface area contributed by atoms with Crippen LogP contribution in [-0.4, -0.2) is 46.2 Å². The lowest BCUT2D eigenvalue weighted by Crippen LogP contribution is -2.45. The molecule has 0 unspecified atom stereocenters. The van der Waals surface area contributed by atoms with Crippen molar-refractivity contribution >= 4 is 0 Å². The van der Waals surface area contributed by atoms with Gasteiger partial charge in [-0.15, -0.1) is 0 Å². The van der Waals surface area contributed by atoms with Gasteiger partial charge in [-0.2, -0.15) is 0 Å². The lowest BCUT2D eigenvalue weighted by Gasteiger charge is -2.39. The van der Waals surface area contributed by atoms with Crippen LogP contribution in [-0.2, 0) is 34.7 Å². The molecule has 2 aromatic carbocycles. The monoisotopic (exact) mass is 747 g/mol. The van der Waals surface area contributed by atoms with Gasteiger partial charge in [0.1, 0.15) is 11.5 Å². The van der Waals surface area contributed by atoms with Crippen LogP contribution in [0, 0.1) is 21.7 Å². The van der Waals surface area contributed by atoms with Crippen molar-refractivity contribution in [3.63, 3.8) is 0 Å². The first-order valence-corrected chi connectivity index (χ1v) is 21.2. The molecule has 4 nitrogen and oxygen atoms in total. The second-order valence-corrected chi connectivity index (χ2v) is 25.1. The molecule has 0 radical (unpaired) electrons. The van der Waals surface area contributed by atoms with Gasteiger partial charge >= 0.3 is 0 Å². The molecule has 0 spiro atoms. The van der Waals surface area contributed by atoms with Crippen LogP contribution < -0.4 is 0 Å². The zero-order chi connectivity index (χ0) is 41.7. The molecule has 1 saturated heterocycles. The van der Waals surface area contributed by atoms with Gasteiger partial charge in [-0.25, -0.2) is 0 Å². The standard InChI is InChI=1S/C50H86N2O2/c1-43(2,3)31-47(13,14)37-25-35(26-38(41(37)53)48(15,16)32-44(4,5)6)29-51-21-23-52(24-22-51)30-36-27-39(49(17,18)33-45(7,8)9)42(54)40(28-36)50(19,20)34-46(10,11)12/h25-28,53-54H,21-24,29-34H2,1-20H3. The molecule has 1 heterocycles. The molecule has 3 rings (SSSR count). The number of rotatable bonds is 12. The third kappa shape index (κ3) is 13.0. The fourth-order valence-electron chi connectivity index (χ4n) is 10.9. The highest BCUT2D eigenvalue weighted by Crippen LogP contribution is 2.49. The van der Waals surface area contributed by atoms with Gasteiger partial charge in [0.2, 0.25) is 0 Å². The predicted octanol–water partition coefficient (Wildman–Crippen LogP) is 13.3. The highest BCUT2D eigenvalue weighted by Gasteiger charge is 2.38. The second-order valence-electron chi connectivity index (χ2n) is 25.1. The number of phenolic OH excluding ortho intramolecular Hbond substituents is 2. The van der Waals surface area contributed by atoms with Gasteiger partial charge in [0.05, 0.1) is 0 Å². The Hall–Kier alpha value is -2.04. The Morgan fingerprint density at radius 3 is 0.722 bits per heavy atom. The predicted molar refractivity (Wildman–Crippen MR) is 235 cm³/mol. The zero-order valence-electron chi connectivity index (χ0n) is 39.2. The third-order valence-corrected chi connectivity index (χ3v) is 11.4. The van der Waals surface area contributed by atoms with Crippen LogP contribution in [0.4, 0.5) is 0 Å². The third-order valence-electron chi connectivity index (χ3n) is 11.4. The van der Waals surface area contributed by atoms with Gasteiger partial charge in [-0.3, -0.25) is 9.80 Å². The summed E-state index contributed by atoms with van der Waals surface area (Å²) in [5.74, 6) is 0.993. The summed E-state index contributed by atoms with van der Waals surface area (Å²) in [6.45, 7) is 51.9. The Morgan fingerprint density at radius 1 is 0.370 bits per heavy atom. The minimum Gasteiger partial charge on any atom is -0.507 e. The summed E-state index contributed by atoms with van der Waals surface area (Å²) in [5.41, 5.74) is 6.93. The fraction of sp³-hybridized carbons (Fsp3) is 0.760. The molecule has 2 N–H and O–H groups in total. The summed E-state index contributed by atoms with van der Waals surface area (Å²) < 4.78 is 0. The van der Waals surface area contributed by atoms with Gasteiger partial charge in [0.15, 0.2) is 0 Å². The maximum absolute atomic E-state index is 12.0. The molecule has 0 bridgehead atoms. The molecule has 54 heavy (non-hydrogen) atoms. The van der Waals surface area contributed by atoms with E-state index in [0.29, 0.717) is 11.5 Å². The normalized spacial score (nSPS) is 16.7. The lowest BCUT2D eigenvalue weighted by atomic mass is 9.67. The Kier molecular flexibility index (Phi) is 13.5. The lowest BCUT2D eigenvalue weighted by molar-refractivity contribution is 0.121. The van der Waals surface area contributed by atoms with Crippen LogP contribution in [0.25, 0.3) is 0 Å². The molecule has 1 fully saturated rings. The molecule has 1 aliphatic heterocycles. The van der Waals surface area contributed by atoms with E-state index >= 15 is 0 Å². The van der Waals surface area contributed by atoms with Gasteiger partial charge < -0.3 is 10.2 Å². The van der Waals surface area contributed by atoms with Crippen LogP contribution in [0.5, 0.6) is 11.5 Å². The van der Waals surface area contributed by atoms with E-state index in [2.05, 4.69) is 173 Å². The first-order valence-electron chi connectivity index (χ1n) is 21.2. The molecule has 0 atom stereocenters. The zero-order valence-corrected chi connectivity index (χ0v) is 39.2. The van der Waals surface area contributed by atoms with Crippen molar-refractivity contribution in [2.45, 2.75) is 199 Å². The molecule has 0 saturated carbocycles. The Balaban J connectivity index is 1.94. The average molecular weight is 747 g/mol. The Morgan fingerprint density at radius 2 is 0.556 bits per heavy atom.